The number of amides is 1. The molecular weight excluding hydrogens is 282 g/mol. The van der Waals surface area contributed by atoms with Gasteiger partial charge in [0.05, 0.1) is 10.4 Å². The molecule has 0 aromatic heterocycles. The van der Waals surface area contributed by atoms with Gasteiger partial charge in [0, 0.05) is 13.1 Å². The molecule has 2 fully saturated rings. The lowest BCUT2D eigenvalue weighted by molar-refractivity contribution is -0.129. The van der Waals surface area contributed by atoms with Gasteiger partial charge in [-0.3, -0.25) is 4.79 Å². The average molecular weight is 311 g/mol. The third-order valence-electron chi connectivity index (χ3n) is 4.99. The second kappa shape index (κ2) is 7.54. The molecule has 3 N–H and O–H groups in total. The second-order valence-corrected chi connectivity index (χ2v) is 7.27. The van der Waals surface area contributed by atoms with Crippen molar-refractivity contribution in [1.29, 1.82) is 0 Å². The van der Waals surface area contributed by atoms with Crippen molar-refractivity contribution >= 4 is 23.1 Å². The largest absolute Gasteiger partial charge is 0.392 e. The van der Waals surface area contributed by atoms with Crippen LogP contribution >= 0.6 is 12.2 Å². The van der Waals surface area contributed by atoms with Crippen LogP contribution in [-0.2, 0) is 4.79 Å². The van der Waals surface area contributed by atoms with E-state index in [-0.39, 0.29) is 5.91 Å². The fraction of sp³-hybridized carbons (Fsp3) is 0.875. The number of nitrogens with zero attached hydrogens (tertiary/aromatic N) is 1. The number of carbonyl (C=O) groups excluding carboxylic acids is 1. The molecule has 1 aliphatic carbocycles. The van der Waals surface area contributed by atoms with Crippen LogP contribution in [0.15, 0.2) is 0 Å². The maximum atomic E-state index is 12.6. The van der Waals surface area contributed by atoms with Crippen LogP contribution in [0.2, 0.25) is 0 Å². The zero-order valence-electron chi connectivity index (χ0n) is 13.2. The first-order valence-corrected chi connectivity index (χ1v) is 8.76. The summed E-state index contributed by atoms with van der Waals surface area (Å²) in [6.07, 6.45) is 7.53. The molecule has 1 unspecified atom stereocenters. The minimum Gasteiger partial charge on any atom is -0.392 e. The highest BCUT2D eigenvalue weighted by Crippen LogP contribution is 2.37. The fourth-order valence-corrected chi connectivity index (χ4v) is 3.94. The van der Waals surface area contributed by atoms with Gasteiger partial charge in [0.1, 0.15) is 0 Å². The van der Waals surface area contributed by atoms with Gasteiger partial charge in [0.15, 0.2) is 0 Å². The summed E-state index contributed by atoms with van der Waals surface area (Å²) in [6, 6.07) is 0. The van der Waals surface area contributed by atoms with E-state index in [0.717, 1.165) is 38.8 Å². The normalized spacial score (nSPS) is 23.7. The summed E-state index contributed by atoms with van der Waals surface area (Å²) in [4.78, 5) is 15.5. The van der Waals surface area contributed by atoms with Crippen molar-refractivity contribution in [3.05, 3.63) is 0 Å². The molecule has 1 aliphatic heterocycles. The number of hydrogen-bond donors (Lipinski definition) is 2. The predicted octanol–water partition coefficient (Wildman–Crippen LogP) is 2.07. The van der Waals surface area contributed by atoms with Crippen molar-refractivity contribution in [1.82, 2.24) is 10.2 Å². The van der Waals surface area contributed by atoms with Crippen molar-refractivity contribution in [2.45, 2.75) is 51.9 Å². The highest BCUT2D eigenvalue weighted by molar-refractivity contribution is 7.80. The predicted molar refractivity (Wildman–Crippen MR) is 90.2 cm³/mol. The number of carbonyl (C=O) groups is 1. The molecule has 0 radical (unpaired) electrons. The first-order chi connectivity index (χ1) is 10.0. The lowest BCUT2D eigenvalue weighted by Crippen LogP contribution is -2.51. The highest BCUT2D eigenvalue weighted by atomic mass is 32.1. The molecule has 5 heteroatoms. The molecule has 1 atom stereocenters. The second-order valence-electron chi connectivity index (χ2n) is 6.83. The summed E-state index contributed by atoms with van der Waals surface area (Å²) < 4.78 is 0. The van der Waals surface area contributed by atoms with Gasteiger partial charge in [-0.15, -0.1) is 0 Å². The van der Waals surface area contributed by atoms with Crippen LogP contribution in [0.4, 0.5) is 0 Å². The van der Waals surface area contributed by atoms with Gasteiger partial charge in [-0.1, -0.05) is 38.4 Å². The van der Waals surface area contributed by atoms with E-state index in [4.69, 9.17) is 18.0 Å². The summed E-state index contributed by atoms with van der Waals surface area (Å²) in [5, 5.41) is 3.12. The van der Waals surface area contributed by atoms with Crippen LogP contribution in [0.1, 0.15) is 51.9 Å². The Hall–Kier alpha value is -0.680. The standard InChI is InChI=1S/C16H29N3OS/c1-13(12-19-9-5-6-10-19)11-18-15(20)16(14(17)21)7-3-2-4-8-16/h13H,2-12H2,1H3,(H2,17,21)(H,18,20). The number of likely N-dealkylation sites (tertiary alicyclic amines) is 1. The Bertz CT molecular complexity index is 374. The highest BCUT2D eigenvalue weighted by Gasteiger charge is 2.42. The Kier molecular flexibility index (Phi) is 5.99. The molecular formula is C16H29N3OS. The number of thiocarbonyl (C=S) groups is 1. The van der Waals surface area contributed by atoms with Gasteiger partial charge < -0.3 is 16.0 Å². The Morgan fingerprint density at radius 2 is 1.86 bits per heavy atom. The van der Waals surface area contributed by atoms with Crippen LogP contribution in [0.5, 0.6) is 0 Å². The third kappa shape index (κ3) is 4.16. The first-order valence-electron chi connectivity index (χ1n) is 8.35. The van der Waals surface area contributed by atoms with Gasteiger partial charge in [0.2, 0.25) is 5.91 Å². The van der Waals surface area contributed by atoms with Crippen molar-refractivity contribution in [2.24, 2.45) is 17.1 Å². The SMILES string of the molecule is CC(CNC(=O)C1(C(N)=S)CCCCC1)CN1CCCC1. The Morgan fingerprint density at radius 3 is 2.43 bits per heavy atom. The van der Waals surface area contributed by atoms with Gasteiger partial charge in [-0.05, 0) is 44.7 Å². The first kappa shape index (κ1) is 16.7. The molecule has 1 saturated heterocycles. The summed E-state index contributed by atoms with van der Waals surface area (Å²) in [5.41, 5.74) is 5.32. The summed E-state index contributed by atoms with van der Waals surface area (Å²) in [7, 11) is 0. The van der Waals surface area contributed by atoms with Crippen molar-refractivity contribution < 1.29 is 4.79 Å². The Labute approximate surface area is 133 Å². The monoisotopic (exact) mass is 311 g/mol. The summed E-state index contributed by atoms with van der Waals surface area (Å²) >= 11 is 5.21. The van der Waals surface area contributed by atoms with Crippen LogP contribution in [0.25, 0.3) is 0 Å². The number of hydrogen-bond acceptors (Lipinski definition) is 3. The number of nitrogens with two attached hydrogens (primary N) is 1. The topological polar surface area (TPSA) is 58.4 Å². The Morgan fingerprint density at radius 1 is 1.24 bits per heavy atom. The van der Waals surface area contributed by atoms with Gasteiger partial charge in [0.25, 0.3) is 0 Å². The average Bonchev–Trinajstić information content (AvgIpc) is 2.98. The van der Waals surface area contributed by atoms with Crippen molar-refractivity contribution in [2.75, 3.05) is 26.2 Å². The molecule has 0 bridgehead atoms. The van der Waals surface area contributed by atoms with Gasteiger partial charge in [-0.25, -0.2) is 0 Å². The molecule has 2 rings (SSSR count). The fourth-order valence-electron chi connectivity index (χ4n) is 3.65. The van der Waals surface area contributed by atoms with E-state index in [1.807, 2.05) is 0 Å². The molecule has 21 heavy (non-hydrogen) atoms. The molecule has 1 heterocycles. The van der Waals surface area contributed by atoms with Crippen molar-refractivity contribution in [3.8, 4) is 0 Å². The van der Waals surface area contributed by atoms with E-state index in [1.54, 1.807) is 0 Å². The minimum atomic E-state index is -0.582. The smallest absolute Gasteiger partial charge is 0.233 e. The van der Waals surface area contributed by atoms with E-state index in [0.29, 0.717) is 10.9 Å². The minimum absolute atomic E-state index is 0.0583. The number of nitrogens with one attached hydrogen (secondary N) is 1. The number of rotatable bonds is 6. The van der Waals surface area contributed by atoms with Gasteiger partial charge >= 0.3 is 0 Å². The van der Waals surface area contributed by atoms with E-state index < -0.39 is 5.41 Å². The summed E-state index contributed by atoms with van der Waals surface area (Å²) in [6.45, 7) is 6.40. The third-order valence-corrected chi connectivity index (χ3v) is 5.38. The van der Waals surface area contributed by atoms with E-state index in [1.165, 1.54) is 32.4 Å². The van der Waals surface area contributed by atoms with Crippen LogP contribution in [0, 0.1) is 11.3 Å². The van der Waals surface area contributed by atoms with Crippen LogP contribution in [-0.4, -0.2) is 42.0 Å². The molecule has 0 spiro atoms. The molecule has 1 amide bonds. The quantitative estimate of drug-likeness (QED) is 0.737. The van der Waals surface area contributed by atoms with Crippen molar-refractivity contribution in [3.63, 3.8) is 0 Å². The lowest BCUT2D eigenvalue weighted by atomic mass is 9.73. The Balaban J connectivity index is 1.82. The molecule has 120 valence electrons. The van der Waals surface area contributed by atoms with E-state index in [2.05, 4.69) is 17.1 Å². The zero-order chi connectivity index (χ0) is 15.3. The summed E-state index contributed by atoms with van der Waals surface area (Å²) in [5.74, 6) is 0.530. The molecule has 0 aromatic carbocycles. The van der Waals surface area contributed by atoms with Crippen LogP contribution < -0.4 is 11.1 Å². The van der Waals surface area contributed by atoms with Crippen LogP contribution in [0.3, 0.4) is 0 Å². The van der Waals surface area contributed by atoms with Gasteiger partial charge in [-0.2, -0.15) is 0 Å². The zero-order valence-corrected chi connectivity index (χ0v) is 14.0. The molecule has 2 aliphatic rings. The molecule has 0 aromatic rings. The van der Waals surface area contributed by atoms with E-state index in [9.17, 15) is 4.79 Å². The maximum absolute atomic E-state index is 12.6. The molecule has 4 nitrogen and oxygen atoms in total. The maximum Gasteiger partial charge on any atom is 0.233 e. The lowest BCUT2D eigenvalue weighted by Gasteiger charge is -2.35. The van der Waals surface area contributed by atoms with E-state index >= 15 is 0 Å². The molecule has 1 saturated carbocycles.